The molecule has 27 heavy (non-hydrogen) atoms. The zero-order chi connectivity index (χ0) is 18.2. The second-order valence-electron chi connectivity index (χ2n) is 6.66. The molecule has 3 aliphatic heterocycles. The van der Waals surface area contributed by atoms with Crippen molar-refractivity contribution in [2.24, 2.45) is 9.98 Å². The van der Waals surface area contributed by atoms with Gasteiger partial charge in [-0.1, -0.05) is 12.1 Å². The number of carbonyl (C=O) groups is 1. The maximum absolute atomic E-state index is 12.3. The number of ether oxygens (including phenoxy) is 1. The molecule has 2 aromatic rings. The van der Waals surface area contributed by atoms with Gasteiger partial charge in [-0.2, -0.15) is 0 Å². The molecule has 0 unspecified atom stereocenters. The number of aliphatic imine (C=N–C) groups is 2. The fourth-order valence-electron chi connectivity index (χ4n) is 3.53. The second-order valence-corrected chi connectivity index (χ2v) is 6.66. The van der Waals surface area contributed by atoms with Crippen molar-refractivity contribution in [1.82, 2.24) is 15.1 Å². The van der Waals surface area contributed by atoms with Crippen LogP contribution < -0.4 is 5.32 Å². The molecule has 8 heteroatoms. The van der Waals surface area contributed by atoms with Gasteiger partial charge < -0.3 is 24.3 Å². The number of hydrogen-bond acceptors (Lipinski definition) is 8. The van der Waals surface area contributed by atoms with Gasteiger partial charge in [0.2, 0.25) is 5.90 Å². The van der Waals surface area contributed by atoms with E-state index in [2.05, 4.69) is 25.1 Å². The van der Waals surface area contributed by atoms with Gasteiger partial charge in [0.1, 0.15) is 0 Å². The molecule has 1 saturated heterocycles. The van der Waals surface area contributed by atoms with Crippen LogP contribution in [0.15, 0.2) is 57.0 Å². The minimum absolute atomic E-state index is 0.321. The van der Waals surface area contributed by atoms with Crippen molar-refractivity contribution in [3.63, 3.8) is 0 Å². The third kappa shape index (κ3) is 2.92. The third-order valence-electron chi connectivity index (χ3n) is 4.95. The van der Waals surface area contributed by atoms with Crippen molar-refractivity contribution in [3.8, 4) is 0 Å². The number of hydrogen-bond donors (Lipinski definition) is 1. The molecule has 0 bridgehead atoms. The minimum Gasteiger partial charge on any atom is -0.471 e. The van der Waals surface area contributed by atoms with Crippen molar-refractivity contribution in [3.05, 3.63) is 48.2 Å². The number of carbonyl (C=O) groups excluding carboxylic acids is 1. The van der Waals surface area contributed by atoms with Gasteiger partial charge in [0.25, 0.3) is 0 Å². The number of rotatable bonds is 2. The third-order valence-corrected chi connectivity index (χ3v) is 4.95. The van der Waals surface area contributed by atoms with Crippen LogP contribution in [0.25, 0.3) is 10.8 Å². The Hall–Kier alpha value is -3.29. The quantitative estimate of drug-likeness (QED) is 0.635. The smallest absolute Gasteiger partial charge is 0.365 e. The van der Waals surface area contributed by atoms with Crippen LogP contribution in [-0.2, 0) is 9.53 Å². The molecule has 3 aliphatic rings. The van der Waals surface area contributed by atoms with E-state index in [1.165, 1.54) is 0 Å². The summed E-state index contributed by atoms with van der Waals surface area (Å²) in [6.45, 7) is 5.07. The summed E-state index contributed by atoms with van der Waals surface area (Å²) in [7, 11) is 0. The normalized spacial score (nSPS) is 21.5. The van der Waals surface area contributed by atoms with Gasteiger partial charge in [0.05, 0.1) is 19.1 Å². The number of nitrogens with zero attached hydrogens (tertiary/aromatic N) is 4. The molecule has 8 nitrogen and oxygen atoms in total. The number of benzene rings is 1. The molecular formula is C19H19N5O3. The molecule has 0 saturated carbocycles. The number of piperazine rings is 1. The Morgan fingerprint density at radius 3 is 2.85 bits per heavy atom. The highest BCUT2D eigenvalue weighted by Crippen LogP contribution is 2.25. The first-order valence-electron chi connectivity index (χ1n) is 9.03. The van der Waals surface area contributed by atoms with Crippen LogP contribution in [0.5, 0.6) is 0 Å². The van der Waals surface area contributed by atoms with E-state index in [0.717, 1.165) is 61.6 Å². The molecule has 1 N–H and O–H groups in total. The SMILES string of the molecule is O=C1OC(c2cccc3cocc23)=NC1=CN1CCN(C2=NCCN2)CC1. The number of nitrogens with one attached hydrogen (secondary N) is 1. The van der Waals surface area contributed by atoms with Gasteiger partial charge in [-0.25, -0.2) is 9.79 Å². The monoisotopic (exact) mass is 365 g/mol. The summed E-state index contributed by atoms with van der Waals surface area (Å²) in [5, 5.41) is 5.12. The molecule has 1 fully saturated rings. The van der Waals surface area contributed by atoms with Gasteiger partial charge in [-0.3, -0.25) is 4.99 Å². The van der Waals surface area contributed by atoms with Crippen molar-refractivity contribution in [2.45, 2.75) is 0 Å². The molecule has 4 heterocycles. The molecule has 0 atom stereocenters. The molecular weight excluding hydrogens is 346 g/mol. The van der Waals surface area contributed by atoms with E-state index in [1.54, 1.807) is 18.7 Å². The number of fused-ring (bicyclic) bond motifs is 1. The maximum atomic E-state index is 12.3. The Kier molecular flexibility index (Phi) is 3.81. The molecule has 138 valence electrons. The van der Waals surface area contributed by atoms with E-state index < -0.39 is 5.97 Å². The molecule has 0 aliphatic carbocycles. The first-order chi connectivity index (χ1) is 13.3. The fourth-order valence-corrected chi connectivity index (χ4v) is 3.53. The number of esters is 1. The second kappa shape index (κ2) is 6.46. The lowest BCUT2D eigenvalue weighted by Gasteiger charge is -2.35. The highest BCUT2D eigenvalue weighted by Gasteiger charge is 2.27. The van der Waals surface area contributed by atoms with Crippen LogP contribution in [0.2, 0.25) is 0 Å². The highest BCUT2D eigenvalue weighted by atomic mass is 16.6. The summed E-state index contributed by atoms with van der Waals surface area (Å²) < 4.78 is 10.7. The summed E-state index contributed by atoms with van der Waals surface area (Å²) >= 11 is 0. The molecule has 0 radical (unpaired) electrons. The standard InChI is InChI=1S/C19H19N5O3/c25-18-16(10-23-6-8-24(9-7-23)19-20-4-5-21-19)22-17(27-18)14-3-1-2-13-11-26-12-15(13)14/h1-3,10-12H,4-9H2,(H,20,21). The van der Waals surface area contributed by atoms with Gasteiger partial charge in [0, 0.05) is 55.3 Å². The summed E-state index contributed by atoms with van der Waals surface area (Å²) in [5.41, 5.74) is 1.09. The van der Waals surface area contributed by atoms with Crippen molar-refractivity contribution in [1.29, 1.82) is 0 Å². The Labute approximate surface area is 155 Å². The van der Waals surface area contributed by atoms with Gasteiger partial charge >= 0.3 is 5.97 Å². The van der Waals surface area contributed by atoms with E-state index in [0.29, 0.717) is 11.6 Å². The first kappa shape index (κ1) is 15.9. The molecule has 1 aromatic heterocycles. The number of furan rings is 1. The van der Waals surface area contributed by atoms with Crippen LogP contribution >= 0.6 is 0 Å². The van der Waals surface area contributed by atoms with Crippen molar-refractivity contribution < 1.29 is 13.9 Å². The topological polar surface area (TPSA) is 82.7 Å². The highest BCUT2D eigenvalue weighted by molar-refractivity contribution is 6.16. The van der Waals surface area contributed by atoms with Gasteiger partial charge in [0.15, 0.2) is 11.7 Å². The summed E-state index contributed by atoms with van der Waals surface area (Å²) in [6.07, 6.45) is 5.10. The lowest BCUT2D eigenvalue weighted by atomic mass is 10.1. The van der Waals surface area contributed by atoms with Gasteiger partial charge in [-0.15, -0.1) is 0 Å². The summed E-state index contributed by atoms with van der Waals surface area (Å²) in [4.78, 5) is 25.5. The molecule has 0 spiro atoms. The molecule has 0 amide bonds. The van der Waals surface area contributed by atoms with Crippen LogP contribution in [0.1, 0.15) is 5.56 Å². The first-order valence-corrected chi connectivity index (χ1v) is 9.03. The van der Waals surface area contributed by atoms with Crippen molar-refractivity contribution in [2.75, 3.05) is 39.3 Å². The minimum atomic E-state index is -0.422. The average Bonchev–Trinajstić information content (AvgIpc) is 3.43. The average molecular weight is 365 g/mol. The number of cyclic esters (lactones) is 1. The van der Waals surface area contributed by atoms with E-state index in [4.69, 9.17) is 9.15 Å². The molecule has 1 aromatic carbocycles. The van der Waals surface area contributed by atoms with E-state index in [-0.39, 0.29) is 0 Å². The summed E-state index contributed by atoms with van der Waals surface area (Å²) in [5.74, 6) is 0.882. The van der Waals surface area contributed by atoms with Crippen LogP contribution in [0.3, 0.4) is 0 Å². The maximum Gasteiger partial charge on any atom is 0.365 e. The van der Waals surface area contributed by atoms with E-state index in [1.807, 2.05) is 18.2 Å². The fraction of sp³-hybridized carbons (Fsp3) is 0.316. The van der Waals surface area contributed by atoms with E-state index >= 15 is 0 Å². The van der Waals surface area contributed by atoms with Crippen LogP contribution in [0.4, 0.5) is 0 Å². The largest absolute Gasteiger partial charge is 0.471 e. The predicted molar refractivity (Wildman–Crippen MR) is 100 cm³/mol. The van der Waals surface area contributed by atoms with E-state index in [9.17, 15) is 4.79 Å². The molecule has 5 rings (SSSR count). The lowest BCUT2D eigenvalue weighted by Crippen LogP contribution is -2.50. The van der Waals surface area contributed by atoms with Crippen LogP contribution in [-0.4, -0.2) is 66.9 Å². The summed E-state index contributed by atoms with van der Waals surface area (Å²) in [6, 6.07) is 5.71. The Morgan fingerprint density at radius 1 is 1.15 bits per heavy atom. The van der Waals surface area contributed by atoms with Gasteiger partial charge in [-0.05, 0) is 6.07 Å². The Morgan fingerprint density at radius 2 is 2.04 bits per heavy atom. The Balaban J connectivity index is 1.33. The zero-order valence-corrected chi connectivity index (χ0v) is 14.7. The zero-order valence-electron chi connectivity index (χ0n) is 14.7. The predicted octanol–water partition coefficient (Wildman–Crippen LogP) is 1.15. The van der Waals surface area contributed by atoms with Crippen molar-refractivity contribution >= 4 is 28.6 Å². The van der Waals surface area contributed by atoms with Crippen LogP contribution in [0, 0.1) is 0 Å². The number of guanidine groups is 1. The Bertz CT molecular complexity index is 982. The lowest BCUT2D eigenvalue weighted by molar-refractivity contribution is -0.130.